The van der Waals surface area contributed by atoms with Crippen LogP contribution in [0.4, 0.5) is 5.69 Å². The molecule has 220 valence electrons. The molecule has 0 aromatic heterocycles. The molecule has 0 radical (unpaired) electrons. The number of rotatable bonds is 8. The first-order valence-electron chi connectivity index (χ1n) is 15.9. The van der Waals surface area contributed by atoms with E-state index < -0.39 is 0 Å². The van der Waals surface area contributed by atoms with Gasteiger partial charge in [-0.25, -0.2) is 0 Å². The zero-order valence-corrected chi connectivity index (χ0v) is 25.6. The largest absolute Gasteiger partial charge is 0.372 e. The number of benzene rings is 8. The molecule has 2 heteroatoms. The minimum atomic E-state index is 0.645. The summed E-state index contributed by atoms with van der Waals surface area (Å²) in [7, 11) is 0. The highest BCUT2D eigenvalue weighted by molar-refractivity contribution is 6.25. The Morgan fingerprint density at radius 2 is 0.870 bits per heavy atom. The predicted molar refractivity (Wildman–Crippen MR) is 197 cm³/mol. The molecule has 2 N–H and O–H groups in total. The van der Waals surface area contributed by atoms with Gasteiger partial charge in [-0.1, -0.05) is 146 Å². The smallest absolute Gasteiger partial charge is 0.0655 e. The van der Waals surface area contributed by atoms with Crippen LogP contribution in [0.1, 0.15) is 5.56 Å². The molecule has 8 rings (SSSR count). The summed E-state index contributed by atoms with van der Waals surface area (Å²) in [6.07, 6.45) is 0. The van der Waals surface area contributed by atoms with Gasteiger partial charge in [0.25, 0.3) is 0 Å². The van der Waals surface area contributed by atoms with Gasteiger partial charge in [-0.15, -0.1) is 0 Å². The molecular weight excluding hydrogens is 556 g/mol. The Morgan fingerprint density at radius 1 is 0.348 bits per heavy atom. The fourth-order valence-electron chi connectivity index (χ4n) is 6.67. The number of fused-ring (bicyclic) bond motifs is 6. The zero-order chi connectivity index (χ0) is 30.7. The number of anilines is 1. The Labute approximate surface area is 270 Å². The van der Waals surface area contributed by atoms with Crippen LogP contribution in [0.5, 0.6) is 0 Å². The summed E-state index contributed by atoms with van der Waals surface area (Å²) in [5.74, 6) is 0. The average Bonchev–Trinajstić information content (AvgIpc) is 3.14. The molecule has 0 atom stereocenters. The van der Waals surface area contributed by atoms with E-state index >= 15 is 0 Å². The predicted octanol–water partition coefficient (Wildman–Crippen LogP) is 11.3. The van der Waals surface area contributed by atoms with E-state index in [1.165, 1.54) is 71.3 Å². The van der Waals surface area contributed by atoms with Gasteiger partial charge in [0, 0.05) is 17.8 Å². The summed E-state index contributed by atoms with van der Waals surface area (Å²) < 4.78 is 0. The monoisotopic (exact) mass is 590 g/mol. The number of nitrogens with one attached hydrogen (secondary N) is 2. The average molecular weight is 591 g/mol. The van der Waals surface area contributed by atoms with Crippen molar-refractivity contribution in [1.29, 1.82) is 0 Å². The van der Waals surface area contributed by atoms with E-state index in [2.05, 4.69) is 180 Å². The quantitative estimate of drug-likeness (QED) is 0.104. The second-order valence-electron chi connectivity index (χ2n) is 11.8. The van der Waals surface area contributed by atoms with Gasteiger partial charge in [-0.3, -0.25) is 5.32 Å². The van der Waals surface area contributed by atoms with Crippen LogP contribution in [0.25, 0.3) is 65.7 Å². The molecule has 0 aliphatic rings. The Balaban J connectivity index is 1.07. The Bertz CT molecular complexity index is 2270. The van der Waals surface area contributed by atoms with E-state index in [4.69, 9.17) is 0 Å². The van der Waals surface area contributed by atoms with Crippen LogP contribution < -0.4 is 10.6 Å². The molecule has 0 amide bonds. The van der Waals surface area contributed by atoms with Crippen LogP contribution in [0.3, 0.4) is 0 Å². The lowest BCUT2D eigenvalue weighted by Crippen LogP contribution is -2.21. The molecule has 0 fully saturated rings. The van der Waals surface area contributed by atoms with Crippen LogP contribution in [-0.4, -0.2) is 6.67 Å². The minimum absolute atomic E-state index is 0.645. The molecule has 0 saturated heterocycles. The molecule has 46 heavy (non-hydrogen) atoms. The molecule has 0 aliphatic heterocycles. The summed E-state index contributed by atoms with van der Waals surface area (Å²) in [4.78, 5) is 0. The van der Waals surface area contributed by atoms with Crippen molar-refractivity contribution in [1.82, 2.24) is 5.32 Å². The van der Waals surface area contributed by atoms with Crippen LogP contribution in [0, 0.1) is 0 Å². The van der Waals surface area contributed by atoms with Crippen molar-refractivity contribution in [2.45, 2.75) is 6.54 Å². The lowest BCUT2D eigenvalue weighted by atomic mass is 9.93. The highest BCUT2D eigenvalue weighted by Gasteiger charge is 2.11. The van der Waals surface area contributed by atoms with Gasteiger partial charge in [0.1, 0.15) is 0 Å². The summed E-state index contributed by atoms with van der Waals surface area (Å²) in [5, 5.41) is 15.2. The molecule has 2 nitrogen and oxygen atoms in total. The number of hydrogen-bond donors (Lipinski definition) is 2. The summed E-state index contributed by atoms with van der Waals surface area (Å²) in [5.41, 5.74) is 9.60. The maximum atomic E-state index is 3.70. The van der Waals surface area contributed by atoms with E-state index in [9.17, 15) is 0 Å². The van der Waals surface area contributed by atoms with Gasteiger partial charge < -0.3 is 5.32 Å². The maximum Gasteiger partial charge on any atom is 0.0655 e. The lowest BCUT2D eigenvalue weighted by Gasteiger charge is -2.16. The van der Waals surface area contributed by atoms with Gasteiger partial charge in [0.15, 0.2) is 0 Å². The van der Waals surface area contributed by atoms with Crippen LogP contribution in [0.2, 0.25) is 0 Å². The topological polar surface area (TPSA) is 24.1 Å². The van der Waals surface area contributed by atoms with E-state index in [-0.39, 0.29) is 0 Å². The molecule has 0 bridgehead atoms. The lowest BCUT2D eigenvalue weighted by molar-refractivity contribution is 0.735. The molecule has 0 aliphatic carbocycles. The van der Waals surface area contributed by atoms with Crippen molar-refractivity contribution in [3.8, 4) is 33.4 Å². The van der Waals surface area contributed by atoms with E-state index in [1.54, 1.807) is 0 Å². The van der Waals surface area contributed by atoms with E-state index in [0.717, 1.165) is 12.2 Å². The van der Waals surface area contributed by atoms with Crippen molar-refractivity contribution in [2.75, 3.05) is 12.0 Å². The first kappa shape index (κ1) is 27.8. The fraction of sp³-hybridized carbons (Fsp3) is 0.0455. The van der Waals surface area contributed by atoms with Crippen LogP contribution >= 0.6 is 0 Å². The second kappa shape index (κ2) is 12.4. The van der Waals surface area contributed by atoms with Gasteiger partial charge in [-0.2, -0.15) is 0 Å². The van der Waals surface area contributed by atoms with Crippen molar-refractivity contribution in [2.24, 2.45) is 0 Å². The first-order chi connectivity index (χ1) is 22.8. The first-order valence-corrected chi connectivity index (χ1v) is 15.9. The standard InChI is InChI=1S/C44H34N2/c1-3-12-32(13-4-1)34-16-11-17-36(27-34)42-28-35(33-14-5-2-6-15-33)23-25-44(42)46-30-45-29-31-22-24-41-39-20-8-7-18-37(39)38-19-9-10-21-40(38)43(41)26-31/h1-28,45-46H,29-30H2. The maximum absolute atomic E-state index is 3.70. The third-order valence-corrected chi connectivity index (χ3v) is 8.95. The SMILES string of the molecule is c1ccc(-c2cccc(-c3cc(-c4ccccc4)ccc3NCNCc3ccc4c5ccccc5c5ccccc5c4c3)c2)cc1. The molecule has 8 aromatic carbocycles. The second-order valence-corrected chi connectivity index (χ2v) is 11.8. The summed E-state index contributed by atoms with van der Waals surface area (Å²) in [6.45, 7) is 1.41. The van der Waals surface area contributed by atoms with E-state index in [1.807, 2.05) is 0 Å². The van der Waals surface area contributed by atoms with Crippen molar-refractivity contribution < 1.29 is 0 Å². The third-order valence-electron chi connectivity index (χ3n) is 8.95. The highest BCUT2D eigenvalue weighted by Crippen LogP contribution is 2.36. The van der Waals surface area contributed by atoms with Gasteiger partial charge in [0.2, 0.25) is 0 Å². The van der Waals surface area contributed by atoms with Crippen molar-refractivity contribution >= 4 is 38.0 Å². The molecule has 0 saturated carbocycles. The normalized spacial score (nSPS) is 11.3. The molecule has 0 spiro atoms. The van der Waals surface area contributed by atoms with Crippen molar-refractivity contribution in [3.05, 3.63) is 175 Å². The Morgan fingerprint density at radius 3 is 1.52 bits per heavy atom. The van der Waals surface area contributed by atoms with Crippen molar-refractivity contribution in [3.63, 3.8) is 0 Å². The molecule has 8 aromatic rings. The highest BCUT2D eigenvalue weighted by atomic mass is 15.1. The van der Waals surface area contributed by atoms with Gasteiger partial charge in [0.05, 0.1) is 6.67 Å². The molecule has 0 heterocycles. The Kier molecular flexibility index (Phi) is 7.47. The van der Waals surface area contributed by atoms with Crippen LogP contribution in [0.15, 0.2) is 170 Å². The summed E-state index contributed by atoms with van der Waals surface area (Å²) >= 11 is 0. The Hall–Kier alpha value is -5.70. The zero-order valence-electron chi connectivity index (χ0n) is 25.6. The van der Waals surface area contributed by atoms with E-state index in [0.29, 0.717) is 6.67 Å². The minimum Gasteiger partial charge on any atom is -0.372 e. The van der Waals surface area contributed by atoms with Crippen LogP contribution in [-0.2, 0) is 6.54 Å². The molecule has 0 unspecified atom stereocenters. The fourth-order valence-corrected chi connectivity index (χ4v) is 6.67. The third kappa shape index (κ3) is 5.40. The van der Waals surface area contributed by atoms with Gasteiger partial charge >= 0.3 is 0 Å². The number of hydrogen-bond acceptors (Lipinski definition) is 2. The van der Waals surface area contributed by atoms with Gasteiger partial charge in [-0.05, 0) is 90.0 Å². The molecular formula is C44H34N2. The summed E-state index contributed by atoms with van der Waals surface area (Å²) in [6, 6.07) is 61.1.